The summed E-state index contributed by atoms with van der Waals surface area (Å²) < 4.78 is 11.0. The third kappa shape index (κ3) is 4.75. The normalized spacial score (nSPS) is 21.5. The van der Waals surface area contributed by atoms with Crippen molar-refractivity contribution in [2.75, 3.05) is 25.1 Å². The predicted octanol–water partition coefficient (Wildman–Crippen LogP) is 2.97. The molecule has 1 aliphatic heterocycles. The van der Waals surface area contributed by atoms with Crippen molar-refractivity contribution in [1.82, 2.24) is 4.90 Å². The van der Waals surface area contributed by atoms with Crippen molar-refractivity contribution < 1.29 is 19.1 Å². The highest BCUT2D eigenvalue weighted by molar-refractivity contribution is 5.95. The van der Waals surface area contributed by atoms with E-state index in [1.54, 1.807) is 12.1 Å². The number of nitrogens with one attached hydrogen (secondary N) is 1. The maximum Gasteiger partial charge on any atom is 0.252 e. The van der Waals surface area contributed by atoms with Crippen LogP contribution in [0, 0.1) is 0 Å². The third-order valence-corrected chi connectivity index (χ3v) is 5.05. The van der Waals surface area contributed by atoms with E-state index in [1.165, 1.54) is 19.3 Å². The average Bonchev–Trinajstić information content (AvgIpc) is 2.66. The van der Waals surface area contributed by atoms with E-state index in [-0.39, 0.29) is 18.2 Å². The van der Waals surface area contributed by atoms with Gasteiger partial charge < -0.3 is 19.7 Å². The minimum atomic E-state index is -0.673. The lowest BCUT2D eigenvalue weighted by atomic mass is 9.93. The molecule has 2 amide bonds. The number of hydrogen-bond acceptors (Lipinski definition) is 4. The van der Waals surface area contributed by atoms with Crippen LogP contribution >= 0.6 is 0 Å². The molecular weight excluding hydrogens is 332 g/mol. The fourth-order valence-electron chi connectivity index (χ4n) is 3.74. The van der Waals surface area contributed by atoms with Crippen molar-refractivity contribution in [3.05, 3.63) is 24.3 Å². The number of anilines is 1. The van der Waals surface area contributed by atoms with Crippen LogP contribution in [0.4, 0.5) is 5.69 Å². The Labute approximate surface area is 154 Å². The molecule has 1 saturated carbocycles. The number of morpholine rings is 1. The van der Waals surface area contributed by atoms with Gasteiger partial charge in [0.2, 0.25) is 5.91 Å². The number of amides is 2. The molecule has 142 valence electrons. The number of carbonyl (C=O) groups is 2. The Hall–Kier alpha value is -2.08. The van der Waals surface area contributed by atoms with E-state index in [0.29, 0.717) is 31.5 Å². The van der Waals surface area contributed by atoms with E-state index in [2.05, 4.69) is 5.32 Å². The molecule has 1 N–H and O–H groups in total. The number of hydrogen-bond donors (Lipinski definition) is 1. The second-order valence-corrected chi connectivity index (χ2v) is 6.89. The van der Waals surface area contributed by atoms with Gasteiger partial charge in [0.25, 0.3) is 5.91 Å². The lowest BCUT2D eigenvalue weighted by Gasteiger charge is -2.39. The highest BCUT2D eigenvalue weighted by Crippen LogP contribution is 2.25. The Balaban J connectivity index is 1.53. The first-order valence-corrected chi connectivity index (χ1v) is 9.62. The zero-order valence-corrected chi connectivity index (χ0v) is 15.4. The predicted molar refractivity (Wildman–Crippen MR) is 99.2 cm³/mol. The maximum absolute atomic E-state index is 12.7. The van der Waals surface area contributed by atoms with Gasteiger partial charge >= 0.3 is 0 Å². The van der Waals surface area contributed by atoms with Crippen LogP contribution in [-0.2, 0) is 14.3 Å². The second kappa shape index (κ2) is 9.03. The van der Waals surface area contributed by atoms with E-state index in [9.17, 15) is 9.59 Å². The molecule has 1 aliphatic carbocycles. The summed E-state index contributed by atoms with van der Waals surface area (Å²) >= 11 is 0. The fourth-order valence-corrected chi connectivity index (χ4v) is 3.74. The summed E-state index contributed by atoms with van der Waals surface area (Å²) in [6.07, 6.45) is 5.12. The Morgan fingerprint density at radius 1 is 1.23 bits per heavy atom. The van der Waals surface area contributed by atoms with Gasteiger partial charge in [-0.1, -0.05) is 19.3 Å². The molecule has 6 heteroatoms. The lowest BCUT2D eigenvalue weighted by Crippen LogP contribution is -2.53. The third-order valence-electron chi connectivity index (χ3n) is 5.05. The van der Waals surface area contributed by atoms with Crippen molar-refractivity contribution in [2.45, 2.75) is 57.6 Å². The van der Waals surface area contributed by atoms with E-state index >= 15 is 0 Å². The molecule has 1 atom stereocenters. The van der Waals surface area contributed by atoms with E-state index in [4.69, 9.17) is 9.47 Å². The zero-order chi connectivity index (χ0) is 18.4. The van der Waals surface area contributed by atoms with Crippen LogP contribution in [0.5, 0.6) is 5.75 Å². The highest BCUT2D eigenvalue weighted by Gasteiger charge is 2.35. The van der Waals surface area contributed by atoms with Gasteiger partial charge in [0, 0.05) is 18.3 Å². The number of rotatable bonds is 6. The number of carbonyl (C=O) groups excluding carboxylic acids is 2. The second-order valence-electron chi connectivity index (χ2n) is 6.89. The summed E-state index contributed by atoms with van der Waals surface area (Å²) in [6, 6.07) is 7.52. The minimum Gasteiger partial charge on any atom is -0.494 e. The standard InChI is InChI=1S/C20H28N2O4/c1-2-25-17-10-8-15(9-11-17)21-19(23)14-18-20(24)22(12-13-26-18)16-6-4-3-5-7-16/h8-11,16,18H,2-7,12-14H2,1H3,(H,21,23). The number of nitrogens with zero attached hydrogens (tertiary/aromatic N) is 1. The van der Waals surface area contributed by atoms with Crippen LogP contribution in [0.3, 0.4) is 0 Å². The first-order valence-electron chi connectivity index (χ1n) is 9.62. The van der Waals surface area contributed by atoms with Crippen molar-refractivity contribution >= 4 is 17.5 Å². The molecule has 0 spiro atoms. The topological polar surface area (TPSA) is 67.9 Å². The molecule has 6 nitrogen and oxygen atoms in total. The van der Waals surface area contributed by atoms with E-state index < -0.39 is 6.10 Å². The van der Waals surface area contributed by atoms with Crippen LogP contribution in [0.15, 0.2) is 24.3 Å². The van der Waals surface area contributed by atoms with Gasteiger partial charge in [-0.2, -0.15) is 0 Å². The van der Waals surface area contributed by atoms with Crippen molar-refractivity contribution in [3.63, 3.8) is 0 Å². The molecule has 1 unspecified atom stereocenters. The summed E-state index contributed by atoms with van der Waals surface area (Å²) in [4.78, 5) is 27.0. The Kier molecular flexibility index (Phi) is 6.50. The van der Waals surface area contributed by atoms with Crippen LogP contribution in [0.25, 0.3) is 0 Å². The van der Waals surface area contributed by atoms with Crippen molar-refractivity contribution in [2.24, 2.45) is 0 Å². The molecule has 1 aromatic carbocycles. The summed E-state index contributed by atoms with van der Waals surface area (Å²) in [7, 11) is 0. The van der Waals surface area contributed by atoms with Crippen LogP contribution in [-0.4, -0.2) is 48.6 Å². The van der Waals surface area contributed by atoms with E-state index in [0.717, 1.165) is 18.6 Å². The van der Waals surface area contributed by atoms with Gasteiger partial charge in [-0.3, -0.25) is 9.59 Å². The van der Waals surface area contributed by atoms with Gasteiger partial charge in [0.05, 0.1) is 19.6 Å². The fraction of sp³-hybridized carbons (Fsp3) is 0.600. The first kappa shape index (κ1) is 18.7. The average molecular weight is 360 g/mol. The van der Waals surface area contributed by atoms with Crippen molar-refractivity contribution in [1.29, 1.82) is 0 Å². The molecule has 1 saturated heterocycles. The Morgan fingerprint density at radius 2 is 1.96 bits per heavy atom. The minimum absolute atomic E-state index is 0.0370. The maximum atomic E-state index is 12.7. The molecule has 1 heterocycles. The van der Waals surface area contributed by atoms with Crippen molar-refractivity contribution in [3.8, 4) is 5.75 Å². The van der Waals surface area contributed by atoms with Gasteiger partial charge in [0.15, 0.2) is 0 Å². The monoisotopic (exact) mass is 360 g/mol. The van der Waals surface area contributed by atoms with Crippen LogP contribution < -0.4 is 10.1 Å². The summed E-state index contributed by atoms with van der Waals surface area (Å²) in [5.74, 6) is 0.516. The van der Waals surface area contributed by atoms with Gasteiger partial charge in [-0.05, 0) is 44.0 Å². The quantitative estimate of drug-likeness (QED) is 0.847. The molecule has 2 fully saturated rings. The molecule has 26 heavy (non-hydrogen) atoms. The summed E-state index contributed by atoms with van der Waals surface area (Å²) in [5, 5.41) is 2.83. The number of ether oxygens (including phenoxy) is 2. The zero-order valence-electron chi connectivity index (χ0n) is 15.4. The van der Waals surface area contributed by atoms with Gasteiger partial charge in [-0.25, -0.2) is 0 Å². The number of benzene rings is 1. The van der Waals surface area contributed by atoms with Gasteiger partial charge in [0.1, 0.15) is 11.9 Å². The lowest BCUT2D eigenvalue weighted by molar-refractivity contribution is -0.159. The largest absolute Gasteiger partial charge is 0.494 e. The van der Waals surface area contributed by atoms with E-state index in [1.807, 2.05) is 24.0 Å². The molecule has 0 radical (unpaired) electrons. The van der Waals surface area contributed by atoms with Crippen LogP contribution in [0.2, 0.25) is 0 Å². The summed E-state index contributed by atoms with van der Waals surface area (Å²) in [6.45, 7) is 3.67. The Morgan fingerprint density at radius 3 is 2.65 bits per heavy atom. The van der Waals surface area contributed by atoms with Crippen LogP contribution in [0.1, 0.15) is 45.4 Å². The Bertz CT molecular complexity index is 611. The molecule has 2 aliphatic rings. The molecular formula is C20H28N2O4. The molecule has 3 rings (SSSR count). The SMILES string of the molecule is CCOc1ccc(NC(=O)CC2OCCN(C3CCCCC3)C2=O)cc1. The highest BCUT2D eigenvalue weighted by atomic mass is 16.5. The summed E-state index contributed by atoms with van der Waals surface area (Å²) in [5.41, 5.74) is 0.686. The molecule has 1 aromatic rings. The smallest absolute Gasteiger partial charge is 0.252 e. The first-order chi connectivity index (χ1) is 12.7. The molecule has 0 aromatic heterocycles. The van der Waals surface area contributed by atoms with Gasteiger partial charge in [-0.15, -0.1) is 0 Å². The molecule has 0 bridgehead atoms.